The summed E-state index contributed by atoms with van der Waals surface area (Å²) in [6.45, 7) is 3.16. The molecule has 0 radical (unpaired) electrons. The Balaban J connectivity index is 1.91. The van der Waals surface area contributed by atoms with Gasteiger partial charge in [-0.1, -0.05) is 6.42 Å². The van der Waals surface area contributed by atoms with Gasteiger partial charge in [-0.3, -0.25) is 0 Å². The van der Waals surface area contributed by atoms with E-state index in [9.17, 15) is 0 Å². The SMILES string of the molecule is Cc1cc(NCC2CCC2)cnc1Br. The molecule has 0 aliphatic heterocycles. The molecule has 0 atom stereocenters. The van der Waals surface area contributed by atoms with E-state index in [2.05, 4.69) is 39.2 Å². The van der Waals surface area contributed by atoms with Crippen molar-refractivity contribution in [2.75, 3.05) is 11.9 Å². The molecule has 76 valence electrons. The van der Waals surface area contributed by atoms with Gasteiger partial charge in [0.05, 0.1) is 11.9 Å². The Bertz CT molecular complexity index is 321. The average molecular weight is 255 g/mol. The lowest BCUT2D eigenvalue weighted by atomic mass is 9.85. The second kappa shape index (κ2) is 4.30. The molecule has 0 bridgehead atoms. The first-order chi connectivity index (χ1) is 6.75. The van der Waals surface area contributed by atoms with Crippen molar-refractivity contribution in [3.05, 3.63) is 22.4 Å². The van der Waals surface area contributed by atoms with E-state index < -0.39 is 0 Å². The number of hydrogen-bond donors (Lipinski definition) is 1. The minimum Gasteiger partial charge on any atom is -0.384 e. The van der Waals surface area contributed by atoms with Crippen LogP contribution in [0.3, 0.4) is 0 Å². The van der Waals surface area contributed by atoms with Gasteiger partial charge in [0.2, 0.25) is 0 Å². The molecular formula is C11H15BrN2. The van der Waals surface area contributed by atoms with Gasteiger partial charge in [-0.2, -0.15) is 0 Å². The van der Waals surface area contributed by atoms with E-state index in [1.807, 2.05) is 6.20 Å². The van der Waals surface area contributed by atoms with E-state index in [1.165, 1.54) is 24.8 Å². The predicted molar refractivity (Wildman–Crippen MR) is 62.5 cm³/mol. The summed E-state index contributed by atoms with van der Waals surface area (Å²) < 4.78 is 0.937. The molecule has 0 saturated heterocycles. The molecule has 1 fully saturated rings. The van der Waals surface area contributed by atoms with Gasteiger partial charge < -0.3 is 5.32 Å². The molecule has 2 nitrogen and oxygen atoms in total. The smallest absolute Gasteiger partial charge is 0.109 e. The second-order valence-electron chi connectivity index (χ2n) is 4.01. The van der Waals surface area contributed by atoms with Crippen LogP contribution >= 0.6 is 15.9 Å². The maximum absolute atomic E-state index is 4.25. The third-order valence-corrected chi connectivity index (χ3v) is 3.66. The maximum Gasteiger partial charge on any atom is 0.109 e. The molecule has 1 aliphatic rings. The molecule has 0 spiro atoms. The minimum absolute atomic E-state index is 0.888. The van der Waals surface area contributed by atoms with Crippen molar-refractivity contribution < 1.29 is 0 Å². The fraction of sp³-hybridized carbons (Fsp3) is 0.545. The molecule has 3 heteroatoms. The van der Waals surface area contributed by atoms with Gasteiger partial charge in [0.15, 0.2) is 0 Å². The van der Waals surface area contributed by atoms with Gasteiger partial charge >= 0.3 is 0 Å². The number of rotatable bonds is 3. The summed E-state index contributed by atoms with van der Waals surface area (Å²) in [5.74, 6) is 0.888. The second-order valence-corrected chi connectivity index (χ2v) is 4.76. The number of pyridine rings is 1. The lowest BCUT2D eigenvalue weighted by molar-refractivity contribution is 0.333. The lowest BCUT2D eigenvalue weighted by Gasteiger charge is -2.25. The third kappa shape index (κ3) is 2.27. The predicted octanol–water partition coefficient (Wildman–Crippen LogP) is 3.36. The van der Waals surface area contributed by atoms with Crippen LogP contribution in [0.5, 0.6) is 0 Å². The van der Waals surface area contributed by atoms with Crippen molar-refractivity contribution in [2.24, 2.45) is 5.92 Å². The third-order valence-electron chi connectivity index (χ3n) is 2.83. The quantitative estimate of drug-likeness (QED) is 0.837. The molecule has 0 amide bonds. The largest absolute Gasteiger partial charge is 0.384 e. The Hall–Kier alpha value is -0.570. The van der Waals surface area contributed by atoms with Crippen LogP contribution in [0.25, 0.3) is 0 Å². The fourth-order valence-corrected chi connectivity index (χ4v) is 1.83. The van der Waals surface area contributed by atoms with E-state index in [1.54, 1.807) is 0 Å². The van der Waals surface area contributed by atoms with Crippen LogP contribution in [0.2, 0.25) is 0 Å². The molecule has 2 rings (SSSR count). The lowest BCUT2D eigenvalue weighted by Crippen LogP contribution is -2.20. The Labute approximate surface area is 93.3 Å². The summed E-state index contributed by atoms with van der Waals surface area (Å²) in [7, 11) is 0. The Kier molecular flexibility index (Phi) is 3.06. The molecule has 0 unspecified atom stereocenters. The van der Waals surface area contributed by atoms with Gasteiger partial charge in [-0.05, 0) is 53.2 Å². The Morgan fingerprint density at radius 3 is 2.93 bits per heavy atom. The van der Waals surface area contributed by atoms with E-state index in [0.717, 1.165) is 22.8 Å². The van der Waals surface area contributed by atoms with Crippen LogP contribution in [0, 0.1) is 12.8 Å². The molecule has 1 aromatic rings. The number of nitrogens with zero attached hydrogens (tertiary/aromatic N) is 1. The zero-order valence-electron chi connectivity index (χ0n) is 8.39. The van der Waals surface area contributed by atoms with Crippen LogP contribution in [0.4, 0.5) is 5.69 Å². The topological polar surface area (TPSA) is 24.9 Å². The molecule has 1 aromatic heterocycles. The molecule has 1 saturated carbocycles. The number of aryl methyl sites for hydroxylation is 1. The highest BCUT2D eigenvalue weighted by Gasteiger charge is 2.16. The summed E-state index contributed by atoms with van der Waals surface area (Å²) >= 11 is 3.40. The highest BCUT2D eigenvalue weighted by Crippen LogP contribution is 2.26. The zero-order valence-corrected chi connectivity index (χ0v) is 9.97. The average Bonchev–Trinajstić information content (AvgIpc) is 2.08. The first-order valence-corrected chi connectivity index (χ1v) is 5.91. The van der Waals surface area contributed by atoms with Crippen molar-refractivity contribution in [1.82, 2.24) is 4.98 Å². The van der Waals surface area contributed by atoms with Crippen molar-refractivity contribution in [1.29, 1.82) is 0 Å². The summed E-state index contributed by atoms with van der Waals surface area (Å²) in [4.78, 5) is 4.25. The standard InChI is InChI=1S/C11H15BrN2/c1-8-5-10(7-14-11(8)12)13-6-9-3-2-4-9/h5,7,9,13H,2-4,6H2,1H3. The number of aromatic nitrogens is 1. The zero-order chi connectivity index (χ0) is 9.97. The van der Waals surface area contributed by atoms with E-state index >= 15 is 0 Å². The van der Waals surface area contributed by atoms with Crippen molar-refractivity contribution >= 4 is 21.6 Å². The van der Waals surface area contributed by atoms with Crippen LogP contribution in [-0.2, 0) is 0 Å². The highest BCUT2D eigenvalue weighted by molar-refractivity contribution is 9.10. The van der Waals surface area contributed by atoms with Gasteiger partial charge in [0, 0.05) is 6.54 Å². The van der Waals surface area contributed by atoms with E-state index in [0.29, 0.717) is 0 Å². The van der Waals surface area contributed by atoms with Gasteiger partial charge in [0.1, 0.15) is 4.60 Å². The van der Waals surface area contributed by atoms with E-state index in [-0.39, 0.29) is 0 Å². The molecular weight excluding hydrogens is 240 g/mol. The maximum atomic E-state index is 4.25. The normalized spacial score (nSPS) is 16.4. The van der Waals surface area contributed by atoms with Crippen LogP contribution < -0.4 is 5.32 Å². The number of halogens is 1. The van der Waals surface area contributed by atoms with Gasteiger partial charge in [-0.15, -0.1) is 0 Å². The van der Waals surface area contributed by atoms with Crippen molar-refractivity contribution in [3.63, 3.8) is 0 Å². The van der Waals surface area contributed by atoms with Crippen molar-refractivity contribution in [2.45, 2.75) is 26.2 Å². The summed E-state index contributed by atoms with van der Waals surface area (Å²) in [6, 6.07) is 2.13. The van der Waals surface area contributed by atoms with Gasteiger partial charge in [0.25, 0.3) is 0 Å². The Morgan fingerprint density at radius 1 is 1.57 bits per heavy atom. The molecule has 0 aromatic carbocycles. The minimum atomic E-state index is 0.888. The van der Waals surface area contributed by atoms with Crippen LogP contribution in [0.15, 0.2) is 16.9 Å². The monoisotopic (exact) mass is 254 g/mol. The summed E-state index contributed by atoms with van der Waals surface area (Å²) in [5.41, 5.74) is 2.32. The Morgan fingerprint density at radius 2 is 2.36 bits per heavy atom. The number of hydrogen-bond acceptors (Lipinski definition) is 2. The molecule has 1 heterocycles. The van der Waals surface area contributed by atoms with Gasteiger partial charge in [-0.25, -0.2) is 4.98 Å². The first-order valence-electron chi connectivity index (χ1n) is 5.12. The highest BCUT2D eigenvalue weighted by atomic mass is 79.9. The summed E-state index contributed by atoms with van der Waals surface area (Å²) in [6.07, 6.45) is 6.06. The molecule has 1 aliphatic carbocycles. The van der Waals surface area contributed by atoms with E-state index in [4.69, 9.17) is 0 Å². The first kappa shape index (κ1) is 9.97. The van der Waals surface area contributed by atoms with Crippen molar-refractivity contribution in [3.8, 4) is 0 Å². The van der Waals surface area contributed by atoms with Crippen LogP contribution in [0.1, 0.15) is 24.8 Å². The summed E-state index contributed by atoms with van der Waals surface area (Å²) in [5, 5.41) is 3.43. The molecule has 14 heavy (non-hydrogen) atoms. The number of anilines is 1. The number of nitrogens with one attached hydrogen (secondary N) is 1. The van der Waals surface area contributed by atoms with Crippen LogP contribution in [-0.4, -0.2) is 11.5 Å². The fourth-order valence-electron chi connectivity index (χ4n) is 1.61. The molecule has 1 N–H and O–H groups in total.